The maximum absolute atomic E-state index is 12.4. The SMILES string of the molecule is CC(C)(C)OC(=O)[C@@H]1C[C@H](OS(C)(=O)=O)CN1C(=O)OC(C)(C)C. The van der Waals surface area contributed by atoms with Gasteiger partial charge in [-0.1, -0.05) is 0 Å². The summed E-state index contributed by atoms with van der Waals surface area (Å²) in [5.41, 5.74) is -1.47. The predicted molar refractivity (Wildman–Crippen MR) is 86.9 cm³/mol. The third kappa shape index (κ3) is 7.04. The number of nitrogens with zero attached hydrogens (tertiary/aromatic N) is 1. The number of hydrogen-bond donors (Lipinski definition) is 0. The summed E-state index contributed by atoms with van der Waals surface area (Å²) in [6.07, 6.45) is -0.574. The molecular formula is C15H27NO7S. The van der Waals surface area contributed by atoms with Crippen molar-refractivity contribution in [1.82, 2.24) is 4.90 Å². The molecule has 0 aromatic heterocycles. The summed E-state index contributed by atoms with van der Waals surface area (Å²) in [4.78, 5) is 25.9. The molecule has 1 amide bonds. The first-order valence-electron chi connectivity index (χ1n) is 7.68. The molecule has 0 saturated carbocycles. The lowest BCUT2D eigenvalue weighted by Gasteiger charge is -2.29. The van der Waals surface area contributed by atoms with E-state index >= 15 is 0 Å². The molecular weight excluding hydrogens is 338 g/mol. The van der Waals surface area contributed by atoms with E-state index < -0.39 is 45.5 Å². The van der Waals surface area contributed by atoms with Crippen LogP contribution in [-0.2, 0) is 28.6 Å². The van der Waals surface area contributed by atoms with Crippen LogP contribution in [0.4, 0.5) is 4.79 Å². The Labute approximate surface area is 143 Å². The first-order valence-corrected chi connectivity index (χ1v) is 9.50. The fourth-order valence-electron chi connectivity index (χ4n) is 2.23. The van der Waals surface area contributed by atoms with Crippen LogP contribution in [0.25, 0.3) is 0 Å². The highest BCUT2D eigenvalue weighted by Crippen LogP contribution is 2.26. The van der Waals surface area contributed by atoms with Crippen LogP contribution < -0.4 is 0 Å². The van der Waals surface area contributed by atoms with Crippen molar-refractivity contribution < 1.29 is 31.7 Å². The van der Waals surface area contributed by atoms with Gasteiger partial charge in [-0.25, -0.2) is 9.59 Å². The highest BCUT2D eigenvalue weighted by molar-refractivity contribution is 7.86. The molecule has 140 valence electrons. The van der Waals surface area contributed by atoms with Crippen molar-refractivity contribution in [1.29, 1.82) is 0 Å². The topological polar surface area (TPSA) is 99.2 Å². The van der Waals surface area contributed by atoms with Gasteiger partial charge in [0.2, 0.25) is 0 Å². The normalized spacial score (nSPS) is 22.4. The van der Waals surface area contributed by atoms with E-state index in [1.807, 2.05) is 0 Å². The predicted octanol–water partition coefficient (Wildman–Crippen LogP) is 1.68. The Kier molecular flexibility index (Phi) is 5.93. The van der Waals surface area contributed by atoms with Crippen LogP contribution in [0.5, 0.6) is 0 Å². The number of hydrogen-bond acceptors (Lipinski definition) is 7. The van der Waals surface area contributed by atoms with Crippen LogP contribution in [0.3, 0.4) is 0 Å². The highest BCUT2D eigenvalue weighted by Gasteiger charge is 2.44. The van der Waals surface area contributed by atoms with Gasteiger partial charge in [-0.05, 0) is 41.5 Å². The third-order valence-corrected chi connectivity index (χ3v) is 3.50. The fourth-order valence-corrected chi connectivity index (χ4v) is 2.86. The molecule has 0 bridgehead atoms. The third-order valence-electron chi connectivity index (χ3n) is 2.88. The van der Waals surface area contributed by atoms with Crippen molar-refractivity contribution in [3.8, 4) is 0 Å². The standard InChI is InChI=1S/C15H27NO7S/c1-14(2,3)21-12(17)11-8-10(23-24(7,19)20)9-16(11)13(18)22-15(4,5)6/h10-11H,8-9H2,1-7H3/t10-,11-/m0/s1. The van der Waals surface area contributed by atoms with Crippen molar-refractivity contribution in [2.45, 2.75) is 71.3 Å². The zero-order valence-corrected chi connectivity index (χ0v) is 16.1. The monoisotopic (exact) mass is 365 g/mol. The maximum Gasteiger partial charge on any atom is 0.411 e. The van der Waals surface area contributed by atoms with Crippen LogP contribution in [-0.4, -0.2) is 61.5 Å². The van der Waals surface area contributed by atoms with Gasteiger partial charge in [0.15, 0.2) is 0 Å². The minimum atomic E-state index is -3.71. The molecule has 0 aromatic carbocycles. The molecule has 0 spiro atoms. The zero-order chi connectivity index (χ0) is 18.9. The molecule has 0 N–H and O–H groups in total. The Balaban J connectivity index is 2.97. The largest absolute Gasteiger partial charge is 0.458 e. The molecule has 9 heteroatoms. The first kappa shape index (κ1) is 20.7. The van der Waals surface area contributed by atoms with Crippen LogP contribution in [0.2, 0.25) is 0 Å². The van der Waals surface area contributed by atoms with E-state index in [1.54, 1.807) is 41.5 Å². The van der Waals surface area contributed by atoms with Gasteiger partial charge in [-0.2, -0.15) is 8.42 Å². The molecule has 1 fully saturated rings. The molecule has 1 heterocycles. The quantitative estimate of drug-likeness (QED) is 0.554. The number of ether oxygens (including phenoxy) is 2. The second-order valence-electron chi connectivity index (χ2n) is 7.84. The van der Waals surface area contributed by atoms with E-state index in [0.717, 1.165) is 11.2 Å². The summed E-state index contributed by atoms with van der Waals surface area (Å²) in [5, 5.41) is 0. The second-order valence-corrected chi connectivity index (χ2v) is 9.44. The number of amides is 1. The minimum Gasteiger partial charge on any atom is -0.458 e. The lowest BCUT2D eigenvalue weighted by Crippen LogP contribution is -2.45. The van der Waals surface area contributed by atoms with Gasteiger partial charge in [0.25, 0.3) is 10.1 Å². The second kappa shape index (κ2) is 6.87. The van der Waals surface area contributed by atoms with Crippen LogP contribution in [0.1, 0.15) is 48.0 Å². The van der Waals surface area contributed by atoms with Crippen molar-refractivity contribution in [3.63, 3.8) is 0 Å². The summed E-state index contributed by atoms with van der Waals surface area (Å²) < 4.78 is 38.2. The van der Waals surface area contributed by atoms with Gasteiger partial charge >= 0.3 is 12.1 Å². The Morgan fingerprint density at radius 2 is 1.50 bits per heavy atom. The molecule has 24 heavy (non-hydrogen) atoms. The Bertz CT molecular complexity index is 550. The molecule has 8 nitrogen and oxygen atoms in total. The molecule has 0 radical (unpaired) electrons. The fraction of sp³-hybridized carbons (Fsp3) is 0.867. The maximum atomic E-state index is 12.4. The molecule has 0 unspecified atom stereocenters. The average molecular weight is 365 g/mol. The summed E-state index contributed by atoms with van der Waals surface area (Å²) in [7, 11) is -3.71. The highest BCUT2D eigenvalue weighted by atomic mass is 32.2. The van der Waals surface area contributed by atoms with Crippen molar-refractivity contribution in [2.75, 3.05) is 12.8 Å². The smallest absolute Gasteiger partial charge is 0.411 e. The van der Waals surface area contributed by atoms with E-state index in [0.29, 0.717) is 0 Å². The zero-order valence-electron chi connectivity index (χ0n) is 15.3. The van der Waals surface area contributed by atoms with E-state index in [9.17, 15) is 18.0 Å². The number of carbonyl (C=O) groups is 2. The minimum absolute atomic E-state index is 0.0290. The van der Waals surface area contributed by atoms with Crippen molar-refractivity contribution in [3.05, 3.63) is 0 Å². The van der Waals surface area contributed by atoms with Crippen molar-refractivity contribution in [2.24, 2.45) is 0 Å². The van der Waals surface area contributed by atoms with Gasteiger partial charge in [0.05, 0.1) is 18.9 Å². The van der Waals surface area contributed by atoms with Crippen LogP contribution in [0.15, 0.2) is 0 Å². The number of carbonyl (C=O) groups excluding carboxylic acids is 2. The number of rotatable bonds is 3. The molecule has 1 aliphatic heterocycles. The lowest BCUT2D eigenvalue weighted by molar-refractivity contribution is -0.160. The lowest BCUT2D eigenvalue weighted by atomic mass is 10.1. The van der Waals surface area contributed by atoms with Gasteiger partial charge < -0.3 is 9.47 Å². The summed E-state index contributed by atoms with van der Waals surface area (Å²) in [6.45, 7) is 10.2. The summed E-state index contributed by atoms with van der Waals surface area (Å²) in [6, 6.07) is -0.953. The van der Waals surface area contributed by atoms with E-state index in [4.69, 9.17) is 13.7 Å². The molecule has 2 atom stereocenters. The Hall–Kier alpha value is -1.35. The molecule has 1 aliphatic rings. The number of likely N-dealkylation sites (tertiary alicyclic amines) is 1. The Morgan fingerprint density at radius 1 is 1.00 bits per heavy atom. The molecule has 0 aromatic rings. The van der Waals surface area contributed by atoms with Crippen LogP contribution in [0, 0.1) is 0 Å². The van der Waals surface area contributed by atoms with E-state index in [2.05, 4.69) is 0 Å². The van der Waals surface area contributed by atoms with E-state index in [-0.39, 0.29) is 13.0 Å². The molecule has 1 rings (SSSR count). The summed E-state index contributed by atoms with van der Waals surface area (Å²) in [5.74, 6) is -0.618. The van der Waals surface area contributed by atoms with Gasteiger partial charge in [0.1, 0.15) is 17.2 Å². The molecule has 0 aliphatic carbocycles. The summed E-state index contributed by atoms with van der Waals surface area (Å²) >= 11 is 0. The average Bonchev–Trinajstić information content (AvgIpc) is 2.65. The molecule has 1 saturated heterocycles. The Morgan fingerprint density at radius 3 is 1.92 bits per heavy atom. The van der Waals surface area contributed by atoms with E-state index in [1.165, 1.54) is 0 Å². The first-order chi connectivity index (χ1) is 10.6. The van der Waals surface area contributed by atoms with Crippen LogP contribution >= 0.6 is 0 Å². The van der Waals surface area contributed by atoms with Gasteiger partial charge in [-0.15, -0.1) is 0 Å². The van der Waals surface area contributed by atoms with Gasteiger partial charge in [0, 0.05) is 6.42 Å². The van der Waals surface area contributed by atoms with Gasteiger partial charge in [-0.3, -0.25) is 9.08 Å². The number of esters is 1. The van der Waals surface area contributed by atoms with Crippen molar-refractivity contribution >= 4 is 22.2 Å².